The van der Waals surface area contributed by atoms with Crippen LogP contribution in [0.3, 0.4) is 0 Å². The van der Waals surface area contributed by atoms with Crippen LogP contribution < -0.4 is 0 Å². The monoisotopic (exact) mass is 1530 g/mol. The maximum absolute atomic E-state index is 13.1. The van der Waals surface area contributed by atoms with Crippen molar-refractivity contribution in [2.24, 2.45) is 0 Å². The molecule has 0 radical (unpaired) electrons. The van der Waals surface area contributed by atoms with Gasteiger partial charge in [0.2, 0.25) is 0 Å². The highest BCUT2D eigenvalue weighted by Crippen LogP contribution is 2.45. The molecule has 0 aromatic rings. The van der Waals surface area contributed by atoms with Crippen molar-refractivity contribution in [2.45, 2.75) is 393 Å². The Kier molecular flexibility index (Phi) is 76.1. The second kappa shape index (κ2) is 79.1. The Labute approximate surface area is 646 Å². The second-order valence-electron chi connectivity index (χ2n) is 28.4. The Morgan fingerprint density at radius 3 is 0.792 bits per heavy atom. The van der Waals surface area contributed by atoms with Gasteiger partial charge in [0.15, 0.2) is 12.2 Å². The molecule has 19 heteroatoms. The SMILES string of the molecule is CC/C=C\C/C=C\C/C=C\C/C=C\CCCCCCCCC(=O)OCC(COP(=O)(O)OCC(O)COP(=O)(O)OCC(COC(=O)CCCCCCCC/C=C\C/C=C\C/C=C\CCCCC)OC(=O)CCCCCCC/C=C\CCCCCC)OC(=O)CCCCCCCCCCCCCCCCC. The standard InChI is InChI=1S/C87H154O17P2/c1-5-9-13-17-21-25-29-33-36-38-40-42-45-48-51-55-59-63-67-71-84(89)97-77-82(103-86(91)73-69-65-61-57-53-47-32-28-24-20-16-12-8-4)79-101-105(93,94)99-75-81(88)76-100-106(95,96)102-80-83(104-87(92)74-70-66-62-58-54-50-44-35-31-27-23-19-15-11-7-3)78-98-85(90)72-68-64-60-56-52-49-46-43-41-39-37-34-30-26-22-18-14-10-6-2/h10,14,21-22,25-26,28,32-34,36-37,40-43,81-83,88H,5-9,11-13,15-20,23-24,27,29-31,35,38-39,44-80H2,1-4H3,(H,93,94)(H,95,96)/b14-10-,25-21-,26-22-,32-28-,36-33-,37-34-,42-40-,43-41-. The summed E-state index contributed by atoms with van der Waals surface area (Å²) in [6.45, 7) is 4.75. The molecule has 0 aromatic carbocycles. The molecule has 0 rings (SSSR count). The van der Waals surface area contributed by atoms with E-state index in [2.05, 4.69) is 125 Å². The minimum atomic E-state index is -4.98. The highest BCUT2D eigenvalue weighted by Gasteiger charge is 2.30. The van der Waals surface area contributed by atoms with E-state index in [0.717, 1.165) is 186 Å². The topological polar surface area (TPSA) is 237 Å². The molecule has 614 valence electrons. The molecule has 0 heterocycles. The largest absolute Gasteiger partial charge is 0.472 e. The van der Waals surface area contributed by atoms with E-state index < -0.39 is 97.5 Å². The van der Waals surface area contributed by atoms with E-state index in [1.54, 1.807) is 0 Å². The number of phosphoric acid groups is 2. The van der Waals surface area contributed by atoms with E-state index in [-0.39, 0.29) is 25.7 Å². The van der Waals surface area contributed by atoms with Crippen molar-refractivity contribution < 1.29 is 80.2 Å². The third-order valence-electron chi connectivity index (χ3n) is 18.0. The molecule has 0 fully saturated rings. The highest BCUT2D eigenvalue weighted by atomic mass is 31.2. The average molecular weight is 1530 g/mol. The van der Waals surface area contributed by atoms with E-state index in [1.807, 2.05) is 0 Å². The van der Waals surface area contributed by atoms with Crippen LogP contribution in [0.15, 0.2) is 97.2 Å². The van der Waals surface area contributed by atoms with E-state index in [1.165, 1.54) is 109 Å². The number of aliphatic hydroxyl groups excluding tert-OH is 1. The summed E-state index contributed by atoms with van der Waals surface area (Å²) in [6.07, 6.45) is 85.1. The summed E-state index contributed by atoms with van der Waals surface area (Å²) >= 11 is 0. The number of carbonyl (C=O) groups excluding carboxylic acids is 4. The summed E-state index contributed by atoms with van der Waals surface area (Å²) < 4.78 is 68.8. The third kappa shape index (κ3) is 78.1. The summed E-state index contributed by atoms with van der Waals surface area (Å²) in [7, 11) is -9.96. The molecule has 17 nitrogen and oxygen atoms in total. The predicted octanol–water partition coefficient (Wildman–Crippen LogP) is 25.1. The van der Waals surface area contributed by atoms with E-state index in [9.17, 15) is 43.2 Å². The van der Waals surface area contributed by atoms with Crippen molar-refractivity contribution in [2.75, 3.05) is 39.6 Å². The summed E-state index contributed by atoms with van der Waals surface area (Å²) in [5.41, 5.74) is 0. The molecular formula is C87H154O17P2. The van der Waals surface area contributed by atoms with E-state index >= 15 is 0 Å². The maximum Gasteiger partial charge on any atom is 0.472 e. The zero-order valence-electron chi connectivity index (χ0n) is 67.3. The van der Waals surface area contributed by atoms with Crippen LogP contribution in [0.25, 0.3) is 0 Å². The van der Waals surface area contributed by atoms with Crippen molar-refractivity contribution in [3.05, 3.63) is 97.2 Å². The van der Waals surface area contributed by atoms with E-state index in [4.69, 9.17) is 37.0 Å². The molecular weight excluding hydrogens is 1380 g/mol. The lowest BCUT2D eigenvalue weighted by Crippen LogP contribution is -2.30. The van der Waals surface area contributed by atoms with Crippen molar-refractivity contribution >= 4 is 39.5 Å². The highest BCUT2D eigenvalue weighted by molar-refractivity contribution is 7.47. The van der Waals surface area contributed by atoms with Gasteiger partial charge < -0.3 is 33.8 Å². The minimum absolute atomic E-state index is 0.0831. The van der Waals surface area contributed by atoms with Crippen molar-refractivity contribution in [3.63, 3.8) is 0 Å². The number of allylic oxidation sites excluding steroid dienone is 16. The lowest BCUT2D eigenvalue weighted by Gasteiger charge is -2.21. The van der Waals surface area contributed by atoms with Crippen LogP contribution in [0.5, 0.6) is 0 Å². The number of hydrogen-bond donors (Lipinski definition) is 3. The van der Waals surface area contributed by atoms with Gasteiger partial charge in [0.05, 0.1) is 26.4 Å². The third-order valence-corrected chi connectivity index (χ3v) is 19.9. The van der Waals surface area contributed by atoms with Crippen LogP contribution in [-0.4, -0.2) is 96.7 Å². The molecule has 0 spiro atoms. The number of phosphoric ester groups is 2. The summed E-state index contributed by atoms with van der Waals surface area (Å²) in [4.78, 5) is 73.2. The van der Waals surface area contributed by atoms with Gasteiger partial charge in [-0.15, -0.1) is 0 Å². The number of unbranched alkanes of at least 4 members (excludes halogenated alkanes) is 38. The number of ether oxygens (including phenoxy) is 4. The van der Waals surface area contributed by atoms with Gasteiger partial charge in [-0.2, -0.15) is 0 Å². The Morgan fingerprint density at radius 1 is 0.274 bits per heavy atom. The predicted molar refractivity (Wildman–Crippen MR) is 436 cm³/mol. The van der Waals surface area contributed by atoms with Gasteiger partial charge in [-0.25, -0.2) is 9.13 Å². The molecule has 0 aliphatic heterocycles. The molecule has 0 aliphatic rings. The smallest absolute Gasteiger partial charge is 0.462 e. The lowest BCUT2D eigenvalue weighted by molar-refractivity contribution is -0.161. The van der Waals surface area contributed by atoms with Crippen molar-refractivity contribution in [3.8, 4) is 0 Å². The Balaban J connectivity index is 5.34. The Hall–Kier alpha value is -4.02. The fraction of sp³-hybridized carbons (Fsp3) is 0.770. The first-order valence-corrected chi connectivity index (χ1v) is 45.5. The molecule has 0 saturated heterocycles. The molecule has 106 heavy (non-hydrogen) atoms. The lowest BCUT2D eigenvalue weighted by atomic mass is 10.0. The molecule has 0 amide bonds. The molecule has 3 N–H and O–H groups in total. The number of rotatable bonds is 80. The van der Waals surface area contributed by atoms with Gasteiger partial charge in [0.25, 0.3) is 0 Å². The van der Waals surface area contributed by atoms with Gasteiger partial charge >= 0.3 is 39.5 Å². The summed E-state index contributed by atoms with van der Waals surface area (Å²) in [5, 5.41) is 10.7. The zero-order chi connectivity index (χ0) is 77.4. The fourth-order valence-electron chi connectivity index (χ4n) is 11.6. The maximum atomic E-state index is 13.1. The minimum Gasteiger partial charge on any atom is -0.462 e. The normalized spacial score (nSPS) is 14.3. The summed E-state index contributed by atoms with van der Waals surface area (Å²) in [5.74, 6) is -2.19. The molecule has 0 saturated carbocycles. The molecule has 0 bridgehead atoms. The van der Waals surface area contributed by atoms with Crippen LogP contribution in [0.4, 0.5) is 0 Å². The number of esters is 4. The van der Waals surface area contributed by atoms with Gasteiger partial charge in [0, 0.05) is 25.7 Å². The summed E-state index contributed by atoms with van der Waals surface area (Å²) in [6, 6.07) is 0. The van der Waals surface area contributed by atoms with Crippen LogP contribution in [0.2, 0.25) is 0 Å². The van der Waals surface area contributed by atoms with Gasteiger partial charge in [-0.05, 0) is 128 Å². The Bertz CT molecular complexity index is 2380. The molecule has 0 aliphatic carbocycles. The zero-order valence-corrected chi connectivity index (χ0v) is 69.1. The second-order valence-corrected chi connectivity index (χ2v) is 31.3. The van der Waals surface area contributed by atoms with Gasteiger partial charge in [-0.3, -0.25) is 37.3 Å². The number of carbonyl (C=O) groups is 4. The van der Waals surface area contributed by atoms with Gasteiger partial charge in [0.1, 0.15) is 19.3 Å². The first kappa shape index (κ1) is 102. The average Bonchev–Trinajstić information content (AvgIpc) is 0.933. The van der Waals surface area contributed by atoms with Crippen molar-refractivity contribution in [1.29, 1.82) is 0 Å². The Morgan fingerprint density at radius 2 is 0.491 bits per heavy atom. The number of aliphatic hydroxyl groups is 1. The fourth-order valence-corrected chi connectivity index (χ4v) is 13.1. The quantitative estimate of drug-likeness (QED) is 0.0169. The van der Waals surface area contributed by atoms with Crippen LogP contribution in [0.1, 0.15) is 374 Å². The molecule has 5 unspecified atom stereocenters. The van der Waals surface area contributed by atoms with Gasteiger partial charge in [-0.1, -0.05) is 318 Å². The molecule has 0 aromatic heterocycles. The van der Waals surface area contributed by atoms with Crippen LogP contribution in [0, 0.1) is 0 Å². The van der Waals surface area contributed by atoms with Crippen LogP contribution in [-0.2, 0) is 65.4 Å². The van der Waals surface area contributed by atoms with E-state index in [0.29, 0.717) is 25.7 Å². The number of hydrogen-bond acceptors (Lipinski definition) is 15. The first-order valence-electron chi connectivity index (χ1n) is 42.5. The van der Waals surface area contributed by atoms with Crippen molar-refractivity contribution in [1.82, 2.24) is 0 Å². The molecule has 5 atom stereocenters. The first-order chi connectivity index (χ1) is 51.7. The van der Waals surface area contributed by atoms with Crippen LogP contribution >= 0.6 is 15.6 Å².